The van der Waals surface area contributed by atoms with Gasteiger partial charge in [0, 0.05) is 12.6 Å². The van der Waals surface area contributed by atoms with E-state index in [2.05, 4.69) is 21.9 Å². The highest BCUT2D eigenvalue weighted by Crippen LogP contribution is 2.28. The van der Waals surface area contributed by atoms with Gasteiger partial charge in [0.2, 0.25) is 10.0 Å². The molecule has 18 heavy (non-hydrogen) atoms. The van der Waals surface area contributed by atoms with Crippen molar-refractivity contribution in [2.75, 3.05) is 13.1 Å². The van der Waals surface area contributed by atoms with Gasteiger partial charge in [0.25, 0.3) is 0 Å². The second kappa shape index (κ2) is 6.38. The maximum absolute atomic E-state index is 12.3. The predicted octanol–water partition coefficient (Wildman–Crippen LogP) is 1.57. The molecule has 1 rings (SSSR count). The molecule has 0 radical (unpaired) electrons. The molecule has 1 N–H and O–H groups in total. The van der Waals surface area contributed by atoms with Gasteiger partial charge in [0.15, 0.2) is 4.67 Å². The number of halogens is 1. The van der Waals surface area contributed by atoms with Crippen LogP contribution in [0.25, 0.3) is 0 Å². The Kier molecular flexibility index (Phi) is 5.41. The summed E-state index contributed by atoms with van der Waals surface area (Å²) in [5.74, 6) is 2.50. The van der Waals surface area contributed by atoms with Crippen molar-refractivity contribution >= 4 is 26.0 Å². The van der Waals surface area contributed by atoms with E-state index < -0.39 is 10.0 Å². The first-order valence-corrected chi connectivity index (χ1v) is 7.53. The Morgan fingerprint density at radius 1 is 1.61 bits per heavy atom. The Morgan fingerprint density at radius 3 is 2.72 bits per heavy atom. The summed E-state index contributed by atoms with van der Waals surface area (Å²) in [5, 5.41) is 8.93. The van der Waals surface area contributed by atoms with Gasteiger partial charge in [-0.15, -0.1) is 6.42 Å². The van der Waals surface area contributed by atoms with Crippen LogP contribution in [0.1, 0.15) is 19.1 Å². The molecule has 0 saturated carbocycles. The van der Waals surface area contributed by atoms with E-state index in [0.29, 0.717) is 13.0 Å². The van der Waals surface area contributed by atoms with Gasteiger partial charge in [-0.3, -0.25) is 0 Å². The highest BCUT2D eigenvalue weighted by molar-refractivity contribution is 9.10. The van der Waals surface area contributed by atoms with Crippen molar-refractivity contribution < 1.29 is 17.9 Å². The summed E-state index contributed by atoms with van der Waals surface area (Å²) in [5.41, 5.74) is 0. The normalized spacial score (nSPS) is 11.7. The molecule has 0 aliphatic heterocycles. The van der Waals surface area contributed by atoms with E-state index in [-0.39, 0.29) is 28.5 Å². The fourth-order valence-corrected chi connectivity index (χ4v) is 3.83. The number of aliphatic hydroxyl groups excluding tert-OH is 1. The standard InChI is InChI=1S/C11H14BrNO4S/c1-3-5-13(6-4-2)18(15,16)10-7-9(8-14)17-11(10)12/h1,7,14H,4-6,8H2,2H3. The quantitative estimate of drug-likeness (QED) is 0.801. The molecule has 0 saturated heterocycles. The fraction of sp³-hybridized carbons (Fsp3) is 0.455. The van der Waals surface area contributed by atoms with Crippen LogP contribution in [0, 0.1) is 12.3 Å². The predicted molar refractivity (Wildman–Crippen MR) is 70.2 cm³/mol. The number of hydrogen-bond acceptors (Lipinski definition) is 4. The number of terminal acetylenes is 1. The van der Waals surface area contributed by atoms with Crippen LogP contribution >= 0.6 is 15.9 Å². The number of rotatable bonds is 6. The number of hydrogen-bond donors (Lipinski definition) is 1. The third-order valence-electron chi connectivity index (χ3n) is 2.22. The highest BCUT2D eigenvalue weighted by Gasteiger charge is 2.28. The van der Waals surface area contributed by atoms with Crippen LogP contribution in [0.3, 0.4) is 0 Å². The fourth-order valence-electron chi connectivity index (χ4n) is 1.43. The SMILES string of the molecule is C#CCN(CCC)S(=O)(=O)c1cc(CO)oc1Br. The molecule has 0 amide bonds. The van der Waals surface area contributed by atoms with Gasteiger partial charge in [0.1, 0.15) is 17.3 Å². The van der Waals surface area contributed by atoms with Crippen molar-refractivity contribution in [1.82, 2.24) is 4.31 Å². The van der Waals surface area contributed by atoms with Gasteiger partial charge in [-0.25, -0.2) is 8.42 Å². The average molecular weight is 336 g/mol. The van der Waals surface area contributed by atoms with Gasteiger partial charge in [-0.2, -0.15) is 4.31 Å². The lowest BCUT2D eigenvalue weighted by atomic mass is 10.5. The Hall–Kier alpha value is -0.810. The maximum atomic E-state index is 12.3. The number of aliphatic hydroxyl groups is 1. The average Bonchev–Trinajstić information content (AvgIpc) is 2.71. The summed E-state index contributed by atoms with van der Waals surface area (Å²) >= 11 is 3.03. The lowest BCUT2D eigenvalue weighted by Gasteiger charge is -2.18. The van der Waals surface area contributed by atoms with Crippen LogP contribution in [-0.4, -0.2) is 30.9 Å². The molecule has 0 aromatic carbocycles. The second-order valence-corrected chi connectivity index (χ2v) is 6.18. The third-order valence-corrected chi connectivity index (χ3v) is 4.92. The summed E-state index contributed by atoms with van der Waals surface area (Å²) < 4.78 is 31.0. The molecule has 0 unspecified atom stereocenters. The summed E-state index contributed by atoms with van der Waals surface area (Å²) in [6.45, 7) is 1.83. The largest absolute Gasteiger partial charge is 0.450 e. The number of sulfonamides is 1. The molecule has 5 nitrogen and oxygen atoms in total. The molecule has 0 atom stereocenters. The lowest BCUT2D eigenvalue weighted by Crippen LogP contribution is -2.32. The molecule has 7 heteroatoms. The van der Waals surface area contributed by atoms with E-state index in [9.17, 15) is 8.42 Å². The second-order valence-electron chi connectivity index (χ2n) is 3.55. The zero-order valence-electron chi connectivity index (χ0n) is 9.89. The lowest BCUT2D eigenvalue weighted by molar-refractivity contribution is 0.245. The van der Waals surface area contributed by atoms with Crippen LogP contribution in [0.5, 0.6) is 0 Å². The molecule has 0 spiro atoms. The molecule has 0 aliphatic rings. The summed E-state index contributed by atoms with van der Waals surface area (Å²) in [6.07, 6.45) is 5.83. The first-order chi connectivity index (χ1) is 8.47. The summed E-state index contributed by atoms with van der Waals surface area (Å²) in [4.78, 5) is -0.0183. The summed E-state index contributed by atoms with van der Waals surface area (Å²) in [7, 11) is -3.71. The topological polar surface area (TPSA) is 70.8 Å². The van der Waals surface area contributed by atoms with E-state index >= 15 is 0 Å². The van der Waals surface area contributed by atoms with Gasteiger partial charge in [-0.1, -0.05) is 12.8 Å². The molecule has 0 aliphatic carbocycles. The van der Waals surface area contributed by atoms with Crippen LogP contribution in [-0.2, 0) is 16.6 Å². The molecule has 0 bridgehead atoms. The van der Waals surface area contributed by atoms with Gasteiger partial charge < -0.3 is 9.52 Å². The molecule has 100 valence electrons. The van der Waals surface area contributed by atoms with Crippen molar-refractivity contribution in [2.45, 2.75) is 24.8 Å². The number of furan rings is 1. The van der Waals surface area contributed by atoms with E-state index in [0.717, 1.165) is 0 Å². The molecule has 0 fully saturated rings. The molecule has 1 aromatic heterocycles. The van der Waals surface area contributed by atoms with Gasteiger partial charge in [-0.05, 0) is 22.4 Å². The molecule has 1 heterocycles. The smallest absolute Gasteiger partial charge is 0.248 e. The monoisotopic (exact) mass is 335 g/mol. The molecule has 1 aromatic rings. The molecular weight excluding hydrogens is 322 g/mol. The summed E-state index contributed by atoms with van der Waals surface area (Å²) in [6, 6.07) is 1.29. The Balaban J connectivity index is 3.17. The first-order valence-electron chi connectivity index (χ1n) is 5.30. The van der Waals surface area contributed by atoms with Crippen LogP contribution in [0.2, 0.25) is 0 Å². The van der Waals surface area contributed by atoms with E-state index in [1.807, 2.05) is 6.92 Å². The minimum absolute atomic E-state index is 0.00223. The Morgan fingerprint density at radius 2 is 2.28 bits per heavy atom. The van der Waals surface area contributed by atoms with Crippen molar-refractivity contribution in [1.29, 1.82) is 0 Å². The first kappa shape index (κ1) is 15.2. The van der Waals surface area contributed by atoms with Crippen molar-refractivity contribution in [3.63, 3.8) is 0 Å². The van der Waals surface area contributed by atoms with Crippen molar-refractivity contribution in [2.24, 2.45) is 0 Å². The Labute approximate surface area is 115 Å². The van der Waals surface area contributed by atoms with Crippen LogP contribution < -0.4 is 0 Å². The number of nitrogens with zero attached hydrogens (tertiary/aromatic N) is 1. The van der Waals surface area contributed by atoms with Crippen LogP contribution in [0.4, 0.5) is 0 Å². The van der Waals surface area contributed by atoms with E-state index in [1.165, 1.54) is 10.4 Å². The minimum atomic E-state index is -3.71. The minimum Gasteiger partial charge on any atom is -0.450 e. The highest BCUT2D eigenvalue weighted by atomic mass is 79.9. The van der Waals surface area contributed by atoms with E-state index in [4.69, 9.17) is 15.9 Å². The van der Waals surface area contributed by atoms with Gasteiger partial charge in [0.05, 0.1) is 6.54 Å². The van der Waals surface area contributed by atoms with Crippen molar-refractivity contribution in [3.05, 3.63) is 16.5 Å². The van der Waals surface area contributed by atoms with Crippen molar-refractivity contribution in [3.8, 4) is 12.3 Å². The third kappa shape index (κ3) is 3.14. The zero-order chi connectivity index (χ0) is 13.8. The van der Waals surface area contributed by atoms with E-state index in [1.54, 1.807) is 0 Å². The van der Waals surface area contributed by atoms with Crippen LogP contribution in [0.15, 0.2) is 20.0 Å². The molecular formula is C11H14BrNO4S. The maximum Gasteiger partial charge on any atom is 0.248 e. The zero-order valence-corrected chi connectivity index (χ0v) is 12.3. The Bertz CT molecular complexity index is 544. The van der Waals surface area contributed by atoms with Gasteiger partial charge >= 0.3 is 0 Å².